The molecule has 0 saturated heterocycles. The number of carbonyl (C=O) groups is 1. The Morgan fingerprint density at radius 1 is 1.23 bits per heavy atom. The van der Waals surface area contributed by atoms with Gasteiger partial charge in [-0.1, -0.05) is 6.07 Å². The van der Waals surface area contributed by atoms with Crippen LogP contribution in [0.5, 0.6) is 5.75 Å². The SMILES string of the molecule is Cc1[nH]c2c(F)ccc(C)c2c1CCNC(=O)c1nc2cc(OC(F)(F)F)ccc2s1. The smallest absolute Gasteiger partial charge is 0.406 e. The summed E-state index contributed by atoms with van der Waals surface area (Å²) in [7, 11) is 0. The molecule has 2 heterocycles. The molecule has 162 valence electrons. The van der Waals surface area contributed by atoms with Crippen LogP contribution < -0.4 is 10.1 Å². The van der Waals surface area contributed by atoms with E-state index in [1.807, 2.05) is 13.8 Å². The summed E-state index contributed by atoms with van der Waals surface area (Å²) in [6, 6.07) is 6.87. The number of aryl methyl sites for hydroxylation is 2. The second kappa shape index (κ2) is 7.84. The van der Waals surface area contributed by atoms with E-state index in [0.717, 1.165) is 39.6 Å². The van der Waals surface area contributed by atoms with Crippen LogP contribution in [0.15, 0.2) is 30.3 Å². The third-order valence-electron chi connectivity index (χ3n) is 4.88. The van der Waals surface area contributed by atoms with Crippen LogP contribution in [0.25, 0.3) is 21.1 Å². The van der Waals surface area contributed by atoms with Gasteiger partial charge in [0.1, 0.15) is 11.6 Å². The first kappa shape index (κ1) is 21.1. The van der Waals surface area contributed by atoms with E-state index in [9.17, 15) is 22.4 Å². The van der Waals surface area contributed by atoms with Gasteiger partial charge >= 0.3 is 6.36 Å². The number of aromatic nitrogens is 2. The van der Waals surface area contributed by atoms with Gasteiger partial charge in [-0.3, -0.25) is 4.79 Å². The summed E-state index contributed by atoms with van der Waals surface area (Å²) in [6.07, 6.45) is -4.32. The largest absolute Gasteiger partial charge is 0.573 e. The zero-order valence-corrected chi connectivity index (χ0v) is 17.3. The Bertz CT molecular complexity index is 1290. The molecule has 0 fully saturated rings. The molecule has 0 atom stereocenters. The Labute approximate surface area is 178 Å². The van der Waals surface area contributed by atoms with E-state index in [2.05, 4.69) is 20.0 Å². The van der Waals surface area contributed by atoms with Gasteiger partial charge in [0.2, 0.25) is 0 Å². The van der Waals surface area contributed by atoms with E-state index in [1.54, 1.807) is 6.07 Å². The maximum Gasteiger partial charge on any atom is 0.573 e. The predicted octanol–water partition coefficient (Wildman–Crippen LogP) is 5.40. The molecule has 31 heavy (non-hydrogen) atoms. The quantitative estimate of drug-likeness (QED) is 0.399. The monoisotopic (exact) mass is 451 g/mol. The fourth-order valence-corrected chi connectivity index (χ4v) is 4.40. The van der Waals surface area contributed by atoms with Crippen LogP contribution in [0, 0.1) is 19.7 Å². The van der Waals surface area contributed by atoms with Crippen LogP contribution in [0.4, 0.5) is 17.6 Å². The Morgan fingerprint density at radius 3 is 2.74 bits per heavy atom. The molecule has 5 nitrogen and oxygen atoms in total. The highest BCUT2D eigenvalue weighted by Gasteiger charge is 2.31. The number of alkyl halides is 3. The number of fused-ring (bicyclic) bond motifs is 2. The fraction of sp³-hybridized carbons (Fsp3) is 0.238. The lowest BCUT2D eigenvalue weighted by Gasteiger charge is -2.07. The van der Waals surface area contributed by atoms with E-state index in [0.29, 0.717) is 23.2 Å². The highest BCUT2D eigenvalue weighted by molar-refractivity contribution is 7.20. The summed E-state index contributed by atoms with van der Waals surface area (Å²) in [5.41, 5.74) is 3.38. The molecule has 0 spiro atoms. The van der Waals surface area contributed by atoms with Gasteiger partial charge in [0, 0.05) is 23.7 Å². The number of carbonyl (C=O) groups excluding carboxylic acids is 1. The molecule has 10 heteroatoms. The molecule has 0 unspecified atom stereocenters. The summed E-state index contributed by atoms with van der Waals surface area (Å²) >= 11 is 1.07. The summed E-state index contributed by atoms with van der Waals surface area (Å²) in [6.45, 7) is 4.04. The lowest BCUT2D eigenvalue weighted by atomic mass is 10.0. The number of aromatic amines is 1. The Morgan fingerprint density at radius 2 is 2.00 bits per heavy atom. The van der Waals surface area contributed by atoms with Gasteiger partial charge in [0.25, 0.3) is 5.91 Å². The van der Waals surface area contributed by atoms with Gasteiger partial charge in [0.05, 0.1) is 15.7 Å². The van der Waals surface area contributed by atoms with Gasteiger partial charge in [-0.2, -0.15) is 0 Å². The number of benzene rings is 2. The fourth-order valence-electron chi connectivity index (χ4n) is 3.53. The molecule has 2 aromatic carbocycles. The number of amides is 1. The first-order valence-electron chi connectivity index (χ1n) is 9.33. The van der Waals surface area contributed by atoms with Crippen molar-refractivity contribution in [3.8, 4) is 5.75 Å². The number of H-pyrrole nitrogens is 1. The number of hydrogen-bond acceptors (Lipinski definition) is 4. The predicted molar refractivity (Wildman–Crippen MR) is 110 cm³/mol. The second-order valence-corrected chi connectivity index (χ2v) is 8.08. The molecule has 0 saturated carbocycles. The number of hydrogen-bond donors (Lipinski definition) is 2. The molecule has 2 aromatic heterocycles. The lowest BCUT2D eigenvalue weighted by molar-refractivity contribution is -0.274. The van der Waals surface area contributed by atoms with Gasteiger partial charge < -0.3 is 15.0 Å². The van der Waals surface area contributed by atoms with Crippen LogP contribution in [0.1, 0.15) is 26.6 Å². The second-order valence-electron chi connectivity index (χ2n) is 7.05. The van der Waals surface area contributed by atoms with Crippen molar-refractivity contribution in [3.63, 3.8) is 0 Å². The van der Waals surface area contributed by atoms with E-state index in [-0.39, 0.29) is 16.3 Å². The van der Waals surface area contributed by atoms with E-state index >= 15 is 0 Å². The van der Waals surface area contributed by atoms with E-state index in [1.165, 1.54) is 18.2 Å². The standard InChI is InChI=1S/C21H17F4N3O2S/c1-10-3-5-14(22)18-17(10)13(11(2)27-18)7-8-26-19(29)20-28-15-9-12(30-21(23,24)25)4-6-16(15)31-20/h3-6,9,27H,7-8H2,1-2H3,(H,26,29). The number of nitrogens with zero attached hydrogens (tertiary/aromatic N) is 1. The first-order valence-corrected chi connectivity index (χ1v) is 10.1. The number of nitrogens with one attached hydrogen (secondary N) is 2. The van der Waals surface area contributed by atoms with Gasteiger partial charge in [-0.15, -0.1) is 24.5 Å². The van der Waals surface area contributed by atoms with Crippen molar-refractivity contribution < 1.29 is 27.1 Å². The van der Waals surface area contributed by atoms with Gasteiger partial charge in [-0.05, 0) is 49.6 Å². The minimum absolute atomic E-state index is 0.136. The van der Waals surface area contributed by atoms with Crippen LogP contribution >= 0.6 is 11.3 Å². The normalized spacial score (nSPS) is 11.9. The third-order valence-corrected chi connectivity index (χ3v) is 5.91. The van der Waals surface area contributed by atoms with Crippen molar-refractivity contribution in [3.05, 3.63) is 58.0 Å². The molecular weight excluding hydrogens is 434 g/mol. The minimum Gasteiger partial charge on any atom is -0.406 e. The molecular formula is C21H17F4N3O2S. The van der Waals surface area contributed by atoms with Crippen molar-refractivity contribution in [1.82, 2.24) is 15.3 Å². The topological polar surface area (TPSA) is 67.0 Å². The Balaban J connectivity index is 1.47. The van der Waals surface area contributed by atoms with Crippen LogP contribution in [0.3, 0.4) is 0 Å². The first-order chi connectivity index (χ1) is 14.6. The molecule has 0 bridgehead atoms. The molecule has 1 amide bonds. The number of thiazole rings is 1. The average Bonchev–Trinajstić information content (AvgIpc) is 3.25. The van der Waals surface area contributed by atoms with Crippen LogP contribution in [0.2, 0.25) is 0 Å². The minimum atomic E-state index is -4.80. The molecule has 0 radical (unpaired) electrons. The highest BCUT2D eigenvalue weighted by Crippen LogP contribution is 2.30. The molecule has 4 aromatic rings. The number of rotatable bonds is 5. The highest BCUT2D eigenvalue weighted by atomic mass is 32.1. The van der Waals surface area contributed by atoms with Crippen molar-refractivity contribution in [1.29, 1.82) is 0 Å². The Hall–Kier alpha value is -3.14. The van der Waals surface area contributed by atoms with Crippen molar-refractivity contribution in [2.75, 3.05) is 6.54 Å². The molecule has 4 rings (SSSR count). The number of ether oxygens (including phenoxy) is 1. The van der Waals surface area contributed by atoms with Crippen LogP contribution in [-0.4, -0.2) is 28.8 Å². The average molecular weight is 451 g/mol. The molecule has 2 N–H and O–H groups in total. The maximum absolute atomic E-state index is 14.1. The molecule has 0 aliphatic rings. The van der Waals surface area contributed by atoms with Crippen molar-refractivity contribution in [2.24, 2.45) is 0 Å². The van der Waals surface area contributed by atoms with Crippen molar-refractivity contribution in [2.45, 2.75) is 26.6 Å². The summed E-state index contributed by atoms with van der Waals surface area (Å²) in [5, 5.41) is 3.71. The zero-order chi connectivity index (χ0) is 22.3. The van der Waals surface area contributed by atoms with E-state index < -0.39 is 18.0 Å². The Kier molecular flexibility index (Phi) is 5.34. The molecule has 0 aliphatic heterocycles. The summed E-state index contributed by atoms with van der Waals surface area (Å²) in [4.78, 5) is 19.7. The summed E-state index contributed by atoms with van der Waals surface area (Å²) in [5.74, 6) is -1.16. The molecule has 0 aliphatic carbocycles. The number of halogens is 4. The lowest BCUT2D eigenvalue weighted by Crippen LogP contribution is -2.25. The maximum atomic E-state index is 14.1. The zero-order valence-electron chi connectivity index (χ0n) is 16.5. The van der Waals surface area contributed by atoms with Gasteiger partial charge in [0.15, 0.2) is 5.01 Å². The third kappa shape index (κ3) is 4.34. The van der Waals surface area contributed by atoms with Crippen molar-refractivity contribution >= 4 is 38.4 Å². The van der Waals surface area contributed by atoms with Gasteiger partial charge in [-0.25, -0.2) is 9.37 Å². The van der Waals surface area contributed by atoms with E-state index in [4.69, 9.17) is 0 Å². The summed E-state index contributed by atoms with van der Waals surface area (Å²) < 4.78 is 55.7. The van der Waals surface area contributed by atoms with Crippen LogP contribution in [-0.2, 0) is 6.42 Å².